The van der Waals surface area contributed by atoms with Gasteiger partial charge in [-0.3, -0.25) is 14.3 Å². The fraction of sp³-hybridized carbons (Fsp3) is 0.318. The number of carbonyl (C=O) groups excluding carboxylic acids is 1. The van der Waals surface area contributed by atoms with E-state index in [1.54, 1.807) is 18.5 Å². The van der Waals surface area contributed by atoms with Gasteiger partial charge >= 0.3 is 0 Å². The van der Waals surface area contributed by atoms with Gasteiger partial charge in [-0.2, -0.15) is 0 Å². The van der Waals surface area contributed by atoms with Crippen molar-refractivity contribution >= 4 is 27.8 Å². The lowest BCUT2D eigenvalue weighted by Gasteiger charge is -2.26. The quantitative estimate of drug-likeness (QED) is 0.550. The third-order valence-electron chi connectivity index (χ3n) is 5.66. The number of aromatic nitrogens is 4. The van der Waals surface area contributed by atoms with Gasteiger partial charge in [0.25, 0.3) is 5.91 Å². The maximum atomic E-state index is 13.2. The number of fused-ring (bicyclic) bond motifs is 3. The van der Waals surface area contributed by atoms with Crippen LogP contribution in [0.25, 0.3) is 27.9 Å². The summed E-state index contributed by atoms with van der Waals surface area (Å²) in [6.45, 7) is 4.69. The fourth-order valence-corrected chi connectivity index (χ4v) is 4.13. The normalized spacial score (nSPS) is 15.1. The van der Waals surface area contributed by atoms with E-state index >= 15 is 0 Å². The molecule has 0 saturated carbocycles. The Kier molecular flexibility index (Phi) is 4.94. The largest absolute Gasteiger partial charge is 0.379 e. The van der Waals surface area contributed by atoms with E-state index < -0.39 is 0 Å². The molecule has 3 aromatic heterocycles. The molecule has 1 aliphatic rings. The van der Waals surface area contributed by atoms with Crippen LogP contribution < -0.4 is 5.32 Å². The number of morpholine rings is 1. The minimum atomic E-state index is -0.129. The Balaban J connectivity index is 1.52. The molecule has 4 heterocycles. The van der Waals surface area contributed by atoms with Crippen LogP contribution in [0.1, 0.15) is 10.5 Å². The second-order valence-electron chi connectivity index (χ2n) is 7.43. The molecule has 1 aromatic carbocycles. The molecule has 5 rings (SSSR count). The Labute approximate surface area is 174 Å². The van der Waals surface area contributed by atoms with Crippen LogP contribution in [0.15, 0.2) is 48.8 Å². The SMILES string of the molecule is Cn1c2ccccc2c2c1cc(C(=O)NCCN1CCOCC1)n2-c1ncccn1. The van der Waals surface area contributed by atoms with Gasteiger partial charge < -0.3 is 14.6 Å². The molecule has 0 atom stereocenters. The number of benzene rings is 1. The molecule has 1 fully saturated rings. The first-order chi connectivity index (χ1) is 14.7. The van der Waals surface area contributed by atoms with Crippen molar-refractivity contribution in [2.24, 2.45) is 7.05 Å². The third-order valence-corrected chi connectivity index (χ3v) is 5.66. The third kappa shape index (κ3) is 3.24. The summed E-state index contributed by atoms with van der Waals surface area (Å²) in [7, 11) is 2.01. The van der Waals surface area contributed by atoms with Crippen molar-refractivity contribution in [3.63, 3.8) is 0 Å². The lowest BCUT2D eigenvalue weighted by Crippen LogP contribution is -2.41. The van der Waals surface area contributed by atoms with Gasteiger partial charge in [0.15, 0.2) is 0 Å². The van der Waals surface area contributed by atoms with Crippen LogP contribution in [0.4, 0.5) is 0 Å². The summed E-state index contributed by atoms with van der Waals surface area (Å²) >= 11 is 0. The van der Waals surface area contributed by atoms with Crippen molar-refractivity contribution < 1.29 is 9.53 Å². The van der Waals surface area contributed by atoms with Gasteiger partial charge in [0, 0.05) is 51.0 Å². The van der Waals surface area contributed by atoms with Crippen LogP contribution in [0.5, 0.6) is 0 Å². The van der Waals surface area contributed by atoms with Gasteiger partial charge in [0.05, 0.1) is 29.8 Å². The van der Waals surface area contributed by atoms with E-state index in [0.717, 1.165) is 54.8 Å². The summed E-state index contributed by atoms with van der Waals surface area (Å²) in [6, 6.07) is 11.9. The fourth-order valence-electron chi connectivity index (χ4n) is 4.13. The number of nitrogens with zero attached hydrogens (tertiary/aromatic N) is 5. The Morgan fingerprint density at radius 1 is 1.10 bits per heavy atom. The number of nitrogens with one attached hydrogen (secondary N) is 1. The van der Waals surface area contributed by atoms with Gasteiger partial charge in [0.2, 0.25) is 5.95 Å². The summed E-state index contributed by atoms with van der Waals surface area (Å²) in [4.78, 5) is 24.3. The van der Waals surface area contributed by atoms with Crippen LogP contribution in [-0.4, -0.2) is 69.3 Å². The molecule has 1 N–H and O–H groups in total. The molecule has 0 aliphatic carbocycles. The highest BCUT2D eigenvalue weighted by Gasteiger charge is 2.23. The summed E-state index contributed by atoms with van der Waals surface area (Å²) in [5, 5.41) is 4.13. The number of para-hydroxylation sites is 1. The summed E-state index contributed by atoms with van der Waals surface area (Å²) < 4.78 is 9.35. The number of hydrogen-bond acceptors (Lipinski definition) is 5. The van der Waals surface area contributed by atoms with Gasteiger partial charge in [-0.05, 0) is 18.2 Å². The maximum absolute atomic E-state index is 13.2. The topological polar surface area (TPSA) is 77.2 Å². The zero-order valence-corrected chi connectivity index (χ0v) is 16.9. The zero-order chi connectivity index (χ0) is 20.5. The first-order valence-electron chi connectivity index (χ1n) is 10.2. The standard InChI is InChI=1S/C22H24N6O2/c1-26-17-6-3-2-5-16(17)20-18(26)15-19(28(20)22-24-7-4-8-25-22)21(29)23-9-10-27-11-13-30-14-12-27/h2-8,15H,9-14H2,1H3,(H,23,29). The Hall–Kier alpha value is -3.23. The lowest BCUT2D eigenvalue weighted by molar-refractivity contribution is 0.0383. The Morgan fingerprint density at radius 2 is 1.87 bits per heavy atom. The number of amides is 1. The van der Waals surface area contributed by atoms with Crippen LogP contribution in [-0.2, 0) is 11.8 Å². The number of carbonyl (C=O) groups is 1. The predicted octanol–water partition coefficient (Wildman–Crippen LogP) is 1.97. The van der Waals surface area contributed by atoms with Crippen molar-refractivity contribution in [2.45, 2.75) is 0 Å². The van der Waals surface area contributed by atoms with E-state index in [1.165, 1.54) is 0 Å². The van der Waals surface area contributed by atoms with Crippen molar-refractivity contribution in [1.82, 2.24) is 29.3 Å². The summed E-state index contributed by atoms with van der Waals surface area (Å²) in [5.41, 5.74) is 3.56. The van der Waals surface area contributed by atoms with Crippen LogP contribution in [0, 0.1) is 0 Å². The summed E-state index contributed by atoms with van der Waals surface area (Å²) in [5.74, 6) is 0.359. The van der Waals surface area contributed by atoms with Crippen molar-refractivity contribution in [1.29, 1.82) is 0 Å². The van der Waals surface area contributed by atoms with Gasteiger partial charge in [0.1, 0.15) is 5.69 Å². The molecule has 0 radical (unpaired) electrons. The van der Waals surface area contributed by atoms with Gasteiger partial charge in [-0.1, -0.05) is 18.2 Å². The molecule has 8 heteroatoms. The summed E-state index contributed by atoms with van der Waals surface area (Å²) in [6.07, 6.45) is 3.39. The Bertz CT molecular complexity index is 1190. The van der Waals surface area contributed by atoms with E-state index in [0.29, 0.717) is 18.2 Å². The van der Waals surface area contributed by atoms with E-state index in [-0.39, 0.29) is 5.91 Å². The molecule has 1 aliphatic heterocycles. The van der Waals surface area contributed by atoms with E-state index in [1.807, 2.05) is 29.8 Å². The smallest absolute Gasteiger partial charge is 0.268 e. The average Bonchev–Trinajstić information content (AvgIpc) is 3.32. The van der Waals surface area contributed by atoms with Crippen molar-refractivity contribution in [2.75, 3.05) is 39.4 Å². The first-order valence-corrected chi connectivity index (χ1v) is 10.2. The molecule has 8 nitrogen and oxygen atoms in total. The van der Waals surface area contributed by atoms with Gasteiger partial charge in [-0.25, -0.2) is 9.97 Å². The average molecular weight is 404 g/mol. The molecular weight excluding hydrogens is 380 g/mol. The number of rotatable bonds is 5. The number of hydrogen-bond donors (Lipinski definition) is 1. The first kappa shape index (κ1) is 18.8. The minimum Gasteiger partial charge on any atom is -0.379 e. The molecule has 1 saturated heterocycles. The number of ether oxygens (including phenoxy) is 1. The minimum absolute atomic E-state index is 0.129. The molecule has 30 heavy (non-hydrogen) atoms. The molecule has 0 spiro atoms. The highest BCUT2D eigenvalue weighted by atomic mass is 16.5. The predicted molar refractivity (Wildman–Crippen MR) is 115 cm³/mol. The van der Waals surface area contributed by atoms with Crippen molar-refractivity contribution in [3.05, 3.63) is 54.5 Å². The maximum Gasteiger partial charge on any atom is 0.268 e. The van der Waals surface area contributed by atoms with E-state index in [4.69, 9.17) is 4.74 Å². The number of aryl methyl sites for hydroxylation is 1. The van der Waals surface area contributed by atoms with Crippen LogP contribution >= 0.6 is 0 Å². The van der Waals surface area contributed by atoms with E-state index in [2.05, 4.69) is 36.9 Å². The molecular formula is C22H24N6O2. The molecule has 0 unspecified atom stereocenters. The second-order valence-corrected chi connectivity index (χ2v) is 7.43. The molecule has 154 valence electrons. The van der Waals surface area contributed by atoms with Crippen molar-refractivity contribution in [3.8, 4) is 5.95 Å². The monoisotopic (exact) mass is 404 g/mol. The zero-order valence-electron chi connectivity index (χ0n) is 16.9. The molecule has 4 aromatic rings. The second kappa shape index (κ2) is 7.89. The lowest BCUT2D eigenvalue weighted by atomic mass is 10.2. The highest BCUT2D eigenvalue weighted by molar-refractivity contribution is 6.10. The Morgan fingerprint density at radius 3 is 2.67 bits per heavy atom. The van der Waals surface area contributed by atoms with E-state index in [9.17, 15) is 4.79 Å². The molecule has 0 bridgehead atoms. The highest BCUT2D eigenvalue weighted by Crippen LogP contribution is 2.32. The van der Waals surface area contributed by atoms with Crippen LogP contribution in [0.3, 0.4) is 0 Å². The van der Waals surface area contributed by atoms with Gasteiger partial charge in [-0.15, -0.1) is 0 Å². The van der Waals surface area contributed by atoms with Crippen LogP contribution in [0.2, 0.25) is 0 Å². The molecule has 1 amide bonds.